The molecular weight excluding hydrogens is 304 g/mol. The Bertz CT molecular complexity index is 826. The summed E-state index contributed by atoms with van der Waals surface area (Å²) in [6.07, 6.45) is 0. The second-order valence-electron chi connectivity index (χ2n) is 4.28. The molecule has 2 aromatic rings. The molecule has 2 rings (SSSR count). The molecule has 6 nitrogen and oxygen atoms in total. The number of nitriles is 1. The van der Waals surface area contributed by atoms with Crippen LogP contribution in [0.1, 0.15) is 5.56 Å². The zero-order valence-electron chi connectivity index (χ0n) is 12.0. The average Bonchev–Trinajstić information content (AvgIpc) is 2.54. The highest BCUT2D eigenvalue weighted by Crippen LogP contribution is 2.30. The molecule has 0 radical (unpaired) electrons. The minimum absolute atomic E-state index is 0.0675. The second-order valence-corrected chi connectivity index (χ2v) is 5.93. The van der Waals surface area contributed by atoms with Crippen molar-refractivity contribution in [2.45, 2.75) is 4.90 Å². The van der Waals surface area contributed by atoms with Crippen molar-refractivity contribution in [1.82, 2.24) is 0 Å². The molecule has 1 N–H and O–H groups in total. The van der Waals surface area contributed by atoms with Crippen LogP contribution in [0.2, 0.25) is 0 Å². The van der Waals surface area contributed by atoms with E-state index in [0.29, 0.717) is 5.75 Å². The summed E-state index contributed by atoms with van der Waals surface area (Å²) in [5.41, 5.74) is 0.433. The van der Waals surface area contributed by atoms with E-state index < -0.39 is 10.0 Å². The molecule has 0 aliphatic rings. The second kappa shape index (κ2) is 6.37. The van der Waals surface area contributed by atoms with Crippen molar-refractivity contribution in [3.8, 4) is 17.6 Å². The van der Waals surface area contributed by atoms with Gasteiger partial charge in [0.2, 0.25) is 0 Å². The summed E-state index contributed by atoms with van der Waals surface area (Å²) in [4.78, 5) is -0.0675. The van der Waals surface area contributed by atoms with Gasteiger partial charge in [-0.05, 0) is 24.3 Å². The SMILES string of the molecule is COc1ccc(OC)c(S(=O)(=O)Nc2ccccc2C#N)c1. The lowest BCUT2D eigenvalue weighted by molar-refractivity contribution is 0.392. The normalized spacial score (nSPS) is 10.6. The third kappa shape index (κ3) is 3.13. The molecule has 22 heavy (non-hydrogen) atoms. The summed E-state index contributed by atoms with van der Waals surface area (Å²) in [6.45, 7) is 0. The van der Waals surface area contributed by atoms with Gasteiger partial charge in [0.05, 0.1) is 25.5 Å². The van der Waals surface area contributed by atoms with Crippen LogP contribution in [0.3, 0.4) is 0 Å². The van der Waals surface area contributed by atoms with Crippen molar-refractivity contribution >= 4 is 15.7 Å². The van der Waals surface area contributed by atoms with Crippen LogP contribution in [0.15, 0.2) is 47.4 Å². The van der Waals surface area contributed by atoms with E-state index in [0.717, 1.165) is 0 Å². The average molecular weight is 318 g/mol. The van der Waals surface area contributed by atoms with Crippen molar-refractivity contribution in [3.05, 3.63) is 48.0 Å². The van der Waals surface area contributed by atoms with Crippen LogP contribution >= 0.6 is 0 Å². The van der Waals surface area contributed by atoms with Crippen LogP contribution in [0.25, 0.3) is 0 Å². The molecule has 0 saturated heterocycles. The van der Waals surface area contributed by atoms with Gasteiger partial charge >= 0.3 is 0 Å². The summed E-state index contributed by atoms with van der Waals surface area (Å²) < 4.78 is 37.6. The highest BCUT2D eigenvalue weighted by atomic mass is 32.2. The van der Waals surface area contributed by atoms with E-state index in [1.54, 1.807) is 18.2 Å². The highest BCUT2D eigenvalue weighted by molar-refractivity contribution is 7.92. The van der Waals surface area contributed by atoms with Crippen LogP contribution in [0, 0.1) is 11.3 Å². The first-order valence-corrected chi connectivity index (χ1v) is 7.74. The molecule has 0 aromatic heterocycles. The smallest absolute Gasteiger partial charge is 0.265 e. The number of nitrogens with zero attached hydrogens (tertiary/aromatic N) is 1. The number of methoxy groups -OCH3 is 2. The zero-order valence-corrected chi connectivity index (χ0v) is 12.8. The van der Waals surface area contributed by atoms with Crippen molar-refractivity contribution in [2.75, 3.05) is 18.9 Å². The maximum Gasteiger partial charge on any atom is 0.265 e. The summed E-state index contributed by atoms with van der Waals surface area (Å²) in [6, 6.07) is 12.7. The Morgan fingerprint density at radius 2 is 1.82 bits per heavy atom. The fraction of sp³-hybridized carbons (Fsp3) is 0.133. The van der Waals surface area contributed by atoms with Gasteiger partial charge in [-0.25, -0.2) is 8.42 Å². The number of nitrogens with one attached hydrogen (secondary N) is 1. The lowest BCUT2D eigenvalue weighted by Gasteiger charge is -2.13. The van der Waals surface area contributed by atoms with Gasteiger partial charge in [0.1, 0.15) is 22.5 Å². The van der Waals surface area contributed by atoms with Gasteiger partial charge in [-0.15, -0.1) is 0 Å². The molecule has 2 aromatic carbocycles. The van der Waals surface area contributed by atoms with Gasteiger partial charge in [-0.1, -0.05) is 12.1 Å². The molecule has 0 saturated carbocycles. The molecule has 0 aliphatic carbocycles. The van der Waals surface area contributed by atoms with Gasteiger partial charge in [0.15, 0.2) is 0 Å². The van der Waals surface area contributed by atoms with E-state index in [9.17, 15) is 8.42 Å². The number of benzene rings is 2. The van der Waals surface area contributed by atoms with E-state index in [1.807, 2.05) is 6.07 Å². The quantitative estimate of drug-likeness (QED) is 0.914. The first-order valence-electron chi connectivity index (χ1n) is 6.26. The van der Waals surface area contributed by atoms with Gasteiger partial charge in [0, 0.05) is 6.07 Å². The van der Waals surface area contributed by atoms with Crippen LogP contribution in [-0.2, 0) is 10.0 Å². The molecule has 0 amide bonds. The standard InChI is InChI=1S/C15H14N2O4S/c1-20-12-7-8-14(21-2)15(9-12)22(18,19)17-13-6-4-3-5-11(13)10-16/h3-9,17H,1-2H3. The number of para-hydroxylation sites is 1. The Balaban J connectivity index is 2.49. The van der Waals surface area contributed by atoms with Gasteiger partial charge < -0.3 is 9.47 Å². The van der Waals surface area contributed by atoms with E-state index in [2.05, 4.69) is 4.72 Å². The first-order chi connectivity index (χ1) is 10.5. The molecular formula is C15H14N2O4S. The molecule has 114 valence electrons. The third-order valence-corrected chi connectivity index (χ3v) is 4.34. The predicted octanol–water partition coefficient (Wildman–Crippen LogP) is 2.38. The predicted molar refractivity (Wildman–Crippen MR) is 81.5 cm³/mol. The Morgan fingerprint density at radius 3 is 2.45 bits per heavy atom. The maximum atomic E-state index is 12.6. The summed E-state index contributed by atoms with van der Waals surface area (Å²) in [7, 11) is -1.11. The molecule has 0 atom stereocenters. The van der Waals surface area contributed by atoms with Crippen molar-refractivity contribution in [3.63, 3.8) is 0 Å². The Hall–Kier alpha value is -2.72. The first kappa shape index (κ1) is 15.7. The van der Waals surface area contributed by atoms with E-state index in [4.69, 9.17) is 14.7 Å². The molecule has 0 spiro atoms. The van der Waals surface area contributed by atoms with Crippen molar-refractivity contribution in [2.24, 2.45) is 0 Å². The largest absolute Gasteiger partial charge is 0.497 e. The van der Waals surface area contributed by atoms with Crippen LogP contribution < -0.4 is 14.2 Å². The van der Waals surface area contributed by atoms with Crippen molar-refractivity contribution in [1.29, 1.82) is 5.26 Å². The van der Waals surface area contributed by atoms with Crippen LogP contribution in [-0.4, -0.2) is 22.6 Å². The van der Waals surface area contributed by atoms with Crippen molar-refractivity contribution < 1.29 is 17.9 Å². The number of sulfonamides is 1. The Kier molecular flexibility index (Phi) is 4.53. The topological polar surface area (TPSA) is 88.4 Å². The molecule has 0 aliphatic heterocycles. The van der Waals surface area contributed by atoms with Crippen LogP contribution in [0.5, 0.6) is 11.5 Å². The minimum atomic E-state index is -3.93. The summed E-state index contributed by atoms with van der Waals surface area (Å²) >= 11 is 0. The van der Waals surface area contributed by atoms with Crippen LogP contribution in [0.4, 0.5) is 5.69 Å². The number of hydrogen-bond donors (Lipinski definition) is 1. The monoisotopic (exact) mass is 318 g/mol. The lowest BCUT2D eigenvalue weighted by atomic mass is 10.2. The fourth-order valence-electron chi connectivity index (χ4n) is 1.86. The summed E-state index contributed by atoms with van der Waals surface area (Å²) in [5.74, 6) is 0.567. The summed E-state index contributed by atoms with van der Waals surface area (Å²) in [5, 5.41) is 9.04. The molecule has 7 heteroatoms. The number of rotatable bonds is 5. The number of anilines is 1. The fourth-order valence-corrected chi connectivity index (χ4v) is 3.13. The Labute approximate surface area is 129 Å². The van der Waals surface area contributed by atoms with Gasteiger partial charge in [0.25, 0.3) is 10.0 Å². The van der Waals surface area contributed by atoms with E-state index >= 15 is 0 Å². The Morgan fingerprint density at radius 1 is 1.09 bits per heavy atom. The third-order valence-electron chi connectivity index (χ3n) is 2.95. The maximum absolute atomic E-state index is 12.6. The van der Waals surface area contributed by atoms with Gasteiger partial charge in [-0.3, -0.25) is 4.72 Å². The van der Waals surface area contributed by atoms with E-state index in [-0.39, 0.29) is 21.9 Å². The molecule has 0 bridgehead atoms. The molecule has 0 fully saturated rings. The zero-order chi connectivity index (χ0) is 16.2. The molecule has 0 heterocycles. The van der Waals surface area contributed by atoms with E-state index in [1.165, 1.54) is 38.5 Å². The lowest BCUT2D eigenvalue weighted by Crippen LogP contribution is -2.15. The highest BCUT2D eigenvalue weighted by Gasteiger charge is 2.21. The van der Waals surface area contributed by atoms with Gasteiger partial charge in [-0.2, -0.15) is 5.26 Å². The number of hydrogen-bond acceptors (Lipinski definition) is 5. The molecule has 0 unspecified atom stereocenters. The number of ether oxygens (including phenoxy) is 2. The minimum Gasteiger partial charge on any atom is -0.497 e.